The van der Waals surface area contributed by atoms with Gasteiger partial charge in [0.05, 0.1) is 17.3 Å². The number of nitrogen functional groups attached to an aromatic ring is 1. The van der Waals surface area contributed by atoms with Crippen LogP contribution in [0.25, 0.3) is 5.95 Å². The van der Waals surface area contributed by atoms with Crippen LogP contribution in [-0.2, 0) is 0 Å². The smallest absolute Gasteiger partial charge is 0.254 e. The van der Waals surface area contributed by atoms with E-state index in [4.69, 9.17) is 10.5 Å². The highest BCUT2D eigenvalue weighted by Gasteiger charge is 2.09. The third kappa shape index (κ3) is 2.79. The van der Waals surface area contributed by atoms with Crippen molar-refractivity contribution in [2.75, 3.05) is 12.3 Å². The van der Waals surface area contributed by atoms with Crippen molar-refractivity contribution < 1.29 is 4.74 Å². The van der Waals surface area contributed by atoms with E-state index in [9.17, 15) is 0 Å². The van der Waals surface area contributed by atoms with Crippen LogP contribution in [0.4, 0.5) is 5.82 Å². The fourth-order valence-corrected chi connectivity index (χ4v) is 1.65. The fraction of sp³-hybridized carbons (Fsp3) is 0.364. The van der Waals surface area contributed by atoms with E-state index in [0.29, 0.717) is 28.7 Å². The monoisotopic (exact) mass is 311 g/mol. The van der Waals surface area contributed by atoms with Crippen LogP contribution in [-0.4, -0.2) is 26.4 Å². The molecule has 2 aromatic rings. The lowest BCUT2D eigenvalue weighted by molar-refractivity contribution is 0.304. The van der Waals surface area contributed by atoms with Crippen molar-refractivity contribution in [2.45, 2.75) is 20.3 Å². The SMILES string of the molecule is CCCOc1cc(C)nc(-n2cc(Br)c(N)n2)n1. The third-order valence-electron chi connectivity index (χ3n) is 2.17. The zero-order valence-corrected chi connectivity index (χ0v) is 11.8. The van der Waals surface area contributed by atoms with E-state index >= 15 is 0 Å². The summed E-state index contributed by atoms with van der Waals surface area (Å²) >= 11 is 3.30. The summed E-state index contributed by atoms with van der Waals surface area (Å²) in [6, 6.07) is 1.79. The van der Waals surface area contributed by atoms with Crippen molar-refractivity contribution in [3.8, 4) is 11.8 Å². The standard InChI is InChI=1S/C11H14BrN5O/c1-3-4-18-9-5-7(2)14-11(15-9)17-6-8(12)10(13)16-17/h5-6H,3-4H2,1-2H3,(H2,13,16). The Bertz CT molecular complexity index is 535. The lowest BCUT2D eigenvalue weighted by atomic mass is 10.4. The molecule has 0 atom stereocenters. The van der Waals surface area contributed by atoms with Crippen molar-refractivity contribution in [2.24, 2.45) is 0 Å². The average Bonchev–Trinajstić information content (AvgIpc) is 2.66. The van der Waals surface area contributed by atoms with Crippen LogP contribution in [0.2, 0.25) is 0 Å². The van der Waals surface area contributed by atoms with E-state index in [2.05, 4.69) is 31.0 Å². The second-order valence-corrected chi connectivity index (χ2v) is 4.66. The molecule has 0 aliphatic rings. The molecule has 2 heterocycles. The maximum atomic E-state index is 5.67. The number of rotatable bonds is 4. The summed E-state index contributed by atoms with van der Waals surface area (Å²) in [4.78, 5) is 8.59. The van der Waals surface area contributed by atoms with Crippen LogP contribution in [0, 0.1) is 6.92 Å². The van der Waals surface area contributed by atoms with Gasteiger partial charge in [-0.15, -0.1) is 5.10 Å². The first-order chi connectivity index (χ1) is 8.60. The Labute approximate surface area is 113 Å². The van der Waals surface area contributed by atoms with Crippen LogP contribution in [0.3, 0.4) is 0 Å². The molecule has 18 heavy (non-hydrogen) atoms. The molecular weight excluding hydrogens is 298 g/mol. The predicted octanol–water partition coefficient (Wildman–Crippen LogP) is 2.10. The van der Waals surface area contributed by atoms with Crippen molar-refractivity contribution in [1.29, 1.82) is 0 Å². The number of halogens is 1. The Morgan fingerprint density at radius 1 is 1.44 bits per heavy atom. The highest BCUT2D eigenvalue weighted by Crippen LogP contribution is 2.19. The van der Waals surface area contributed by atoms with Crippen LogP contribution < -0.4 is 10.5 Å². The number of hydrogen-bond donors (Lipinski definition) is 1. The first-order valence-corrected chi connectivity index (χ1v) is 6.39. The summed E-state index contributed by atoms with van der Waals surface area (Å²) < 4.78 is 7.73. The number of anilines is 1. The Kier molecular flexibility index (Phi) is 3.81. The van der Waals surface area contributed by atoms with E-state index in [1.165, 1.54) is 4.68 Å². The molecule has 0 amide bonds. The van der Waals surface area contributed by atoms with Gasteiger partial charge in [-0.25, -0.2) is 9.67 Å². The second kappa shape index (κ2) is 5.34. The van der Waals surface area contributed by atoms with E-state index in [1.54, 1.807) is 12.3 Å². The van der Waals surface area contributed by atoms with E-state index < -0.39 is 0 Å². The summed E-state index contributed by atoms with van der Waals surface area (Å²) in [5.41, 5.74) is 6.48. The van der Waals surface area contributed by atoms with Gasteiger partial charge < -0.3 is 10.5 Å². The third-order valence-corrected chi connectivity index (χ3v) is 2.78. The molecule has 0 saturated carbocycles. The molecule has 0 spiro atoms. The molecular formula is C11H14BrN5O. The topological polar surface area (TPSA) is 78.9 Å². The quantitative estimate of drug-likeness (QED) is 0.935. The second-order valence-electron chi connectivity index (χ2n) is 3.80. The maximum absolute atomic E-state index is 5.67. The number of aromatic nitrogens is 4. The zero-order chi connectivity index (χ0) is 13.1. The van der Waals surface area contributed by atoms with Gasteiger partial charge in [-0.05, 0) is 29.3 Å². The van der Waals surface area contributed by atoms with E-state index in [0.717, 1.165) is 12.1 Å². The lowest BCUT2D eigenvalue weighted by Crippen LogP contribution is -2.06. The summed E-state index contributed by atoms with van der Waals surface area (Å²) in [5, 5.41) is 4.11. The summed E-state index contributed by atoms with van der Waals surface area (Å²) in [5.74, 6) is 1.39. The highest BCUT2D eigenvalue weighted by atomic mass is 79.9. The van der Waals surface area contributed by atoms with Crippen molar-refractivity contribution in [3.05, 3.63) is 22.4 Å². The van der Waals surface area contributed by atoms with Crippen LogP contribution in [0.5, 0.6) is 5.88 Å². The van der Waals surface area contributed by atoms with Gasteiger partial charge >= 0.3 is 0 Å². The highest BCUT2D eigenvalue weighted by molar-refractivity contribution is 9.10. The number of aryl methyl sites for hydroxylation is 1. The summed E-state index contributed by atoms with van der Waals surface area (Å²) in [6.45, 7) is 4.55. The molecule has 2 N–H and O–H groups in total. The Morgan fingerprint density at radius 2 is 2.22 bits per heavy atom. The minimum absolute atomic E-state index is 0.399. The Balaban J connectivity index is 2.35. The van der Waals surface area contributed by atoms with Crippen LogP contribution >= 0.6 is 15.9 Å². The van der Waals surface area contributed by atoms with Gasteiger partial charge in [0.25, 0.3) is 5.95 Å². The number of nitrogens with zero attached hydrogens (tertiary/aromatic N) is 4. The summed E-state index contributed by atoms with van der Waals surface area (Å²) in [6.07, 6.45) is 2.65. The fourth-order valence-electron chi connectivity index (χ4n) is 1.38. The first kappa shape index (κ1) is 12.8. The molecule has 2 rings (SSSR count). The predicted molar refractivity (Wildman–Crippen MR) is 71.8 cm³/mol. The normalized spacial score (nSPS) is 10.6. The number of ether oxygens (including phenoxy) is 1. The van der Waals surface area contributed by atoms with Crippen molar-refractivity contribution in [1.82, 2.24) is 19.7 Å². The molecule has 0 radical (unpaired) electrons. The molecule has 0 unspecified atom stereocenters. The van der Waals surface area contributed by atoms with Crippen molar-refractivity contribution >= 4 is 21.7 Å². The molecule has 7 heteroatoms. The molecule has 2 aromatic heterocycles. The lowest BCUT2D eigenvalue weighted by Gasteiger charge is -2.06. The van der Waals surface area contributed by atoms with Crippen LogP contribution in [0.15, 0.2) is 16.7 Å². The number of hydrogen-bond acceptors (Lipinski definition) is 5. The molecule has 0 saturated heterocycles. The van der Waals surface area contributed by atoms with Gasteiger partial charge in [0.15, 0.2) is 5.82 Å². The van der Waals surface area contributed by atoms with Gasteiger partial charge in [0.2, 0.25) is 5.88 Å². The van der Waals surface area contributed by atoms with Gasteiger partial charge in [-0.1, -0.05) is 6.92 Å². The molecule has 0 fully saturated rings. The van der Waals surface area contributed by atoms with Gasteiger partial charge in [0, 0.05) is 11.8 Å². The van der Waals surface area contributed by atoms with Crippen LogP contribution in [0.1, 0.15) is 19.0 Å². The Morgan fingerprint density at radius 3 is 2.83 bits per heavy atom. The average molecular weight is 312 g/mol. The maximum Gasteiger partial charge on any atom is 0.254 e. The van der Waals surface area contributed by atoms with Gasteiger partial charge in [-0.2, -0.15) is 4.98 Å². The largest absolute Gasteiger partial charge is 0.478 e. The number of nitrogens with two attached hydrogens (primary N) is 1. The minimum atomic E-state index is 0.399. The van der Waals surface area contributed by atoms with Gasteiger partial charge in [-0.3, -0.25) is 0 Å². The van der Waals surface area contributed by atoms with E-state index in [-0.39, 0.29) is 0 Å². The summed E-state index contributed by atoms with van der Waals surface area (Å²) in [7, 11) is 0. The molecule has 0 aliphatic heterocycles. The zero-order valence-electron chi connectivity index (χ0n) is 10.2. The molecule has 0 aliphatic carbocycles. The molecule has 0 aromatic carbocycles. The van der Waals surface area contributed by atoms with E-state index in [1.807, 2.05) is 13.8 Å². The molecule has 96 valence electrons. The first-order valence-electron chi connectivity index (χ1n) is 5.59. The van der Waals surface area contributed by atoms with Crippen molar-refractivity contribution in [3.63, 3.8) is 0 Å². The minimum Gasteiger partial charge on any atom is -0.478 e. The molecule has 6 nitrogen and oxygen atoms in total. The Hall–Kier alpha value is -1.63. The molecule has 0 bridgehead atoms. The van der Waals surface area contributed by atoms with Gasteiger partial charge in [0.1, 0.15) is 0 Å².